The highest BCUT2D eigenvalue weighted by Gasteiger charge is 2.32. The van der Waals surface area contributed by atoms with Crippen LogP contribution in [0.1, 0.15) is 35.8 Å². The number of benzene rings is 3. The van der Waals surface area contributed by atoms with Gasteiger partial charge in [-0.1, -0.05) is 42.5 Å². The molecule has 2 heterocycles. The molecule has 1 aliphatic heterocycles. The molecular weight excluding hydrogens is 424 g/mol. The van der Waals surface area contributed by atoms with Crippen molar-refractivity contribution in [2.24, 2.45) is 0 Å². The molecule has 7 heteroatoms. The number of carbonyl (C=O) groups excluding carboxylic acids is 1. The van der Waals surface area contributed by atoms with Crippen LogP contribution in [0.3, 0.4) is 0 Å². The first-order valence-corrected chi connectivity index (χ1v) is 11.5. The van der Waals surface area contributed by atoms with Crippen LogP contribution in [-0.2, 0) is 6.54 Å². The fraction of sp³-hybridized carbons (Fsp3) is 0.222. The molecule has 170 valence electrons. The molecule has 0 aliphatic carbocycles. The van der Waals surface area contributed by atoms with Crippen molar-refractivity contribution in [2.45, 2.75) is 31.5 Å². The molecule has 2 unspecified atom stereocenters. The van der Waals surface area contributed by atoms with Crippen LogP contribution in [0.4, 0.5) is 10.5 Å². The van der Waals surface area contributed by atoms with E-state index >= 15 is 0 Å². The number of fused-ring (bicyclic) bond motifs is 1. The molecule has 0 radical (unpaired) electrons. The van der Waals surface area contributed by atoms with E-state index in [4.69, 9.17) is 10.2 Å². The third kappa shape index (κ3) is 4.92. The van der Waals surface area contributed by atoms with Crippen LogP contribution in [0.15, 0.2) is 78.9 Å². The van der Waals surface area contributed by atoms with Gasteiger partial charge in [0.1, 0.15) is 5.82 Å². The van der Waals surface area contributed by atoms with E-state index in [0.29, 0.717) is 11.3 Å². The van der Waals surface area contributed by atoms with E-state index in [9.17, 15) is 4.79 Å². The topological polar surface area (TPSA) is 96.8 Å². The second-order valence-electron chi connectivity index (χ2n) is 8.62. The van der Waals surface area contributed by atoms with Gasteiger partial charge in [-0.15, -0.1) is 0 Å². The summed E-state index contributed by atoms with van der Waals surface area (Å²) in [6.07, 6.45) is 1.61. The molecule has 2 atom stereocenters. The molecule has 0 spiro atoms. The van der Waals surface area contributed by atoms with Crippen LogP contribution in [0.25, 0.3) is 11.0 Å². The Morgan fingerprint density at radius 3 is 2.59 bits per heavy atom. The molecule has 0 bridgehead atoms. The summed E-state index contributed by atoms with van der Waals surface area (Å²) in [5.41, 5.74) is 4.45. The predicted octanol–water partition coefficient (Wildman–Crippen LogP) is 4.96. The van der Waals surface area contributed by atoms with Gasteiger partial charge >= 0.3 is 6.03 Å². The Hall–Kier alpha value is -4.15. The Labute approximate surface area is 198 Å². The summed E-state index contributed by atoms with van der Waals surface area (Å²) in [7, 11) is 0. The van der Waals surface area contributed by atoms with E-state index in [0.717, 1.165) is 42.8 Å². The number of amides is 2. The smallest absolute Gasteiger partial charge is 0.319 e. The minimum Gasteiger partial charge on any atom is -0.341 e. The van der Waals surface area contributed by atoms with E-state index in [2.05, 4.69) is 50.9 Å². The molecule has 34 heavy (non-hydrogen) atoms. The number of piperidine rings is 1. The number of H-pyrrole nitrogens is 1. The maximum atomic E-state index is 12.7. The number of nitrogens with zero attached hydrogens (tertiary/aromatic N) is 3. The largest absolute Gasteiger partial charge is 0.341 e. The van der Waals surface area contributed by atoms with Gasteiger partial charge in [0.2, 0.25) is 0 Å². The van der Waals surface area contributed by atoms with Crippen LogP contribution in [0.2, 0.25) is 0 Å². The number of para-hydroxylation sites is 2. The van der Waals surface area contributed by atoms with Crippen molar-refractivity contribution in [1.82, 2.24) is 20.2 Å². The molecule has 1 saturated heterocycles. The summed E-state index contributed by atoms with van der Waals surface area (Å²) in [6, 6.07) is 27.3. The van der Waals surface area contributed by atoms with E-state index in [-0.39, 0.29) is 18.1 Å². The molecule has 7 nitrogen and oxygen atoms in total. The number of urea groups is 1. The van der Waals surface area contributed by atoms with Crippen molar-refractivity contribution >= 4 is 22.8 Å². The van der Waals surface area contributed by atoms with Crippen LogP contribution in [0, 0.1) is 11.3 Å². The zero-order chi connectivity index (χ0) is 23.3. The molecule has 3 aromatic carbocycles. The van der Waals surface area contributed by atoms with Crippen LogP contribution in [-0.4, -0.2) is 33.5 Å². The van der Waals surface area contributed by atoms with Crippen LogP contribution >= 0.6 is 0 Å². The lowest BCUT2D eigenvalue weighted by atomic mass is 9.95. The second kappa shape index (κ2) is 9.77. The minimum absolute atomic E-state index is 0.0172. The number of aromatic nitrogens is 2. The minimum atomic E-state index is -0.241. The Bertz CT molecular complexity index is 1280. The average Bonchev–Trinajstić information content (AvgIpc) is 3.30. The number of nitrogens with one attached hydrogen (secondary N) is 3. The quantitative estimate of drug-likeness (QED) is 0.400. The number of nitriles is 1. The molecule has 1 aliphatic rings. The predicted molar refractivity (Wildman–Crippen MR) is 132 cm³/mol. The lowest BCUT2D eigenvalue weighted by molar-refractivity contribution is 0.114. The van der Waals surface area contributed by atoms with Gasteiger partial charge < -0.3 is 15.6 Å². The van der Waals surface area contributed by atoms with Crippen molar-refractivity contribution in [3.8, 4) is 6.07 Å². The summed E-state index contributed by atoms with van der Waals surface area (Å²) in [6.45, 7) is 1.67. The first-order valence-electron chi connectivity index (χ1n) is 11.5. The van der Waals surface area contributed by atoms with Crippen LogP contribution < -0.4 is 10.6 Å². The number of likely N-dealkylation sites (tertiary alicyclic amines) is 1. The fourth-order valence-electron chi connectivity index (χ4n) is 4.55. The van der Waals surface area contributed by atoms with Gasteiger partial charge in [-0.3, -0.25) is 4.90 Å². The van der Waals surface area contributed by atoms with E-state index in [1.807, 2.05) is 30.3 Å². The molecule has 2 amide bonds. The summed E-state index contributed by atoms with van der Waals surface area (Å²) < 4.78 is 0. The first kappa shape index (κ1) is 21.7. The van der Waals surface area contributed by atoms with Crippen LogP contribution in [0.5, 0.6) is 0 Å². The van der Waals surface area contributed by atoms with Gasteiger partial charge in [-0.2, -0.15) is 5.26 Å². The van der Waals surface area contributed by atoms with Gasteiger partial charge in [-0.25, -0.2) is 9.78 Å². The highest BCUT2D eigenvalue weighted by Crippen LogP contribution is 2.32. The Balaban J connectivity index is 1.31. The maximum Gasteiger partial charge on any atom is 0.319 e. The lowest BCUT2D eigenvalue weighted by Crippen LogP contribution is -2.47. The first-order chi connectivity index (χ1) is 16.7. The third-order valence-electron chi connectivity index (χ3n) is 6.27. The summed E-state index contributed by atoms with van der Waals surface area (Å²) in [5.74, 6) is 0.927. The zero-order valence-corrected chi connectivity index (χ0v) is 18.7. The van der Waals surface area contributed by atoms with E-state index in [1.165, 1.54) is 5.56 Å². The van der Waals surface area contributed by atoms with Gasteiger partial charge in [0.05, 0.1) is 28.7 Å². The number of anilines is 1. The molecule has 1 fully saturated rings. The molecule has 4 aromatic rings. The SMILES string of the molecule is N#Cc1ccc(NC(=O)NC2CCN(Cc3ccccc3)C(c3nc4ccccc4[nH]3)C2)cc1. The van der Waals surface area contributed by atoms with Gasteiger partial charge in [0.15, 0.2) is 0 Å². The standard InChI is InChI=1S/C27H26N6O/c28-17-19-10-12-21(13-11-19)29-27(34)30-22-14-15-33(18-20-6-2-1-3-7-20)25(16-22)26-31-23-8-4-5-9-24(23)32-26/h1-13,22,25H,14-16,18H2,(H,31,32)(H2,29,30,34). The van der Waals surface area contributed by atoms with Crippen molar-refractivity contribution in [3.63, 3.8) is 0 Å². The summed E-state index contributed by atoms with van der Waals surface area (Å²) in [5, 5.41) is 14.9. The molecule has 0 saturated carbocycles. The Kier molecular flexibility index (Phi) is 6.23. The summed E-state index contributed by atoms with van der Waals surface area (Å²) >= 11 is 0. The monoisotopic (exact) mass is 450 g/mol. The maximum absolute atomic E-state index is 12.7. The number of aromatic amines is 1. The van der Waals surface area contributed by atoms with E-state index in [1.54, 1.807) is 24.3 Å². The van der Waals surface area contributed by atoms with E-state index < -0.39 is 0 Å². The lowest BCUT2D eigenvalue weighted by Gasteiger charge is -2.38. The molecule has 1 aromatic heterocycles. The van der Waals surface area contributed by atoms with Gasteiger partial charge in [-0.05, 0) is 54.8 Å². The van der Waals surface area contributed by atoms with Crippen molar-refractivity contribution in [1.29, 1.82) is 5.26 Å². The second-order valence-corrected chi connectivity index (χ2v) is 8.62. The number of hydrogen-bond donors (Lipinski definition) is 3. The Morgan fingerprint density at radius 1 is 1.06 bits per heavy atom. The third-order valence-corrected chi connectivity index (χ3v) is 6.27. The zero-order valence-electron chi connectivity index (χ0n) is 18.7. The number of rotatable bonds is 5. The average molecular weight is 451 g/mol. The fourth-order valence-corrected chi connectivity index (χ4v) is 4.55. The normalized spacial score (nSPS) is 18.3. The van der Waals surface area contributed by atoms with Gasteiger partial charge in [0.25, 0.3) is 0 Å². The van der Waals surface area contributed by atoms with Crippen molar-refractivity contribution < 1.29 is 4.79 Å². The van der Waals surface area contributed by atoms with Gasteiger partial charge in [0, 0.05) is 24.8 Å². The number of imidazole rings is 1. The summed E-state index contributed by atoms with van der Waals surface area (Å²) in [4.78, 5) is 23.5. The van der Waals surface area contributed by atoms with Crippen molar-refractivity contribution in [3.05, 3.63) is 95.8 Å². The number of carbonyl (C=O) groups is 1. The molecular formula is C27H26N6O. The highest BCUT2D eigenvalue weighted by molar-refractivity contribution is 5.89. The highest BCUT2D eigenvalue weighted by atomic mass is 16.2. The number of hydrogen-bond acceptors (Lipinski definition) is 4. The molecule has 3 N–H and O–H groups in total. The Morgan fingerprint density at radius 2 is 1.82 bits per heavy atom. The molecule has 5 rings (SSSR count). The van der Waals surface area contributed by atoms with Crippen molar-refractivity contribution in [2.75, 3.05) is 11.9 Å².